The van der Waals surface area contributed by atoms with Crippen molar-refractivity contribution in [1.82, 2.24) is 25.3 Å². The zero-order valence-corrected chi connectivity index (χ0v) is 21.4. The van der Waals surface area contributed by atoms with Crippen molar-refractivity contribution in [2.45, 2.75) is 33.6 Å². The van der Waals surface area contributed by atoms with Crippen LogP contribution in [0.1, 0.15) is 48.3 Å². The Morgan fingerprint density at radius 3 is 2.69 bits per heavy atom. The van der Waals surface area contributed by atoms with E-state index in [-0.39, 0.29) is 17.7 Å². The van der Waals surface area contributed by atoms with Gasteiger partial charge in [0.2, 0.25) is 0 Å². The molecule has 0 bridgehead atoms. The summed E-state index contributed by atoms with van der Waals surface area (Å²) in [4.78, 5) is 30.2. The van der Waals surface area contributed by atoms with Gasteiger partial charge in [0.25, 0.3) is 5.91 Å². The number of nitrogens with zero attached hydrogens (tertiary/aromatic N) is 4. The number of amides is 1. The van der Waals surface area contributed by atoms with Crippen LogP contribution in [0, 0.1) is 12.8 Å². The number of anilines is 1. The first-order chi connectivity index (χ1) is 17.4. The monoisotopic (exact) mass is 484 g/mol. The summed E-state index contributed by atoms with van der Waals surface area (Å²) in [5.41, 5.74) is 5.12. The second-order valence-electron chi connectivity index (χ2n) is 8.86. The Morgan fingerprint density at radius 2 is 1.92 bits per heavy atom. The van der Waals surface area contributed by atoms with Crippen molar-refractivity contribution in [2.24, 2.45) is 5.92 Å². The summed E-state index contributed by atoms with van der Waals surface area (Å²) in [7, 11) is 1.64. The molecule has 1 unspecified atom stereocenters. The van der Waals surface area contributed by atoms with E-state index in [2.05, 4.69) is 50.5 Å². The van der Waals surface area contributed by atoms with Crippen LogP contribution >= 0.6 is 0 Å². The Bertz CT molecular complexity index is 1370. The average Bonchev–Trinajstić information content (AvgIpc) is 2.91. The smallest absolute Gasteiger partial charge is 0.251 e. The maximum absolute atomic E-state index is 12.3. The zero-order chi connectivity index (χ0) is 25.7. The van der Waals surface area contributed by atoms with Crippen LogP contribution in [0.25, 0.3) is 22.2 Å². The van der Waals surface area contributed by atoms with E-state index in [9.17, 15) is 4.79 Å². The van der Waals surface area contributed by atoms with Crippen molar-refractivity contribution >= 4 is 22.6 Å². The Kier molecular flexibility index (Phi) is 7.73. The Labute approximate surface area is 211 Å². The molecule has 0 spiro atoms. The van der Waals surface area contributed by atoms with Gasteiger partial charge in [-0.25, -0.2) is 9.97 Å². The summed E-state index contributed by atoms with van der Waals surface area (Å²) >= 11 is 0. The number of nitrogens with one attached hydrogen (secondary N) is 2. The second-order valence-corrected chi connectivity index (χ2v) is 8.86. The minimum Gasteiger partial charge on any atom is -0.492 e. The van der Waals surface area contributed by atoms with Crippen LogP contribution in [-0.2, 0) is 0 Å². The van der Waals surface area contributed by atoms with Crippen LogP contribution in [0.15, 0.2) is 55.1 Å². The number of benzene rings is 1. The number of aryl methyl sites for hydroxylation is 1. The van der Waals surface area contributed by atoms with E-state index in [1.807, 2.05) is 38.1 Å². The molecule has 0 fully saturated rings. The fourth-order valence-corrected chi connectivity index (χ4v) is 4.21. The van der Waals surface area contributed by atoms with Gasteiger partial charge in [-0.3, -0.25) is 14.8 Å². The molecule has 8 heteroatoms. The van der Waals surface area contributed by atoms with Crippen molar-refractivity contribution in [3.63, 3.8) is 0 Å². The second kappa shape index (κ2) is 11.1. The topological polar surface area (TPSA) is 102 Å². The number of carbonyl (C=O) groups is 1. The third-order valence-corrected chi connectivity index (χ3v) is 6.53. The van der Waals surface area contributed by atoms with Gasteiger partial charge in [0.1, 0.15) is 17.9 Å². The van der Waals surface area contributed by atoms with Crippen LogP contribution in [0.4, 0.5) is 5.82 Å². The van der Waals surface area contributed by atoms with E-state index in [1.54, 1.807) is 31.8 Å². The molecule has 0 aliphatic heterocycles. The number of hydrogen-bond donors (Lipinski definition) is 2. The van der Waals surface area contributed by atoms with Crippen LogP contribution in [0.5, 0.6) is 5.75 Å². The quantitative estimate of drug-likeness (QED) is 0.344. The van der Waals surface area contributed by atoms with Crippen molar-refractivity contribution < 1.29 is 9.53 Å². The molecule has 3 heterocycles. The predicted octanol–water partition coefficient (Wildman–Crippen LogP) is 5.01. The molecule has 8 nitrogen and oxygen atoms in total. The van der Waals surface area contributed by atoms with E-state index in [0.29, 0.717) is 18.7 Å². The Morgan fingerprint density at radius 1 is 1.08 bits per heavy atom. The van der Waals surface area contributed by atoms with E-state index in [0.717, 1.165) is 45.0 Å². The van der Waals surface area contributed by atoms with E-state index in [4.69, 9.17) is 4.74 Å². The summed E-state index contributed by atoms with van der Waals surface area (Å²) in [6, 6.07) is 11.7. The molecule has 0 saturated heterocycles. The SMILES string of the molecule is CCOc1cc(-c2cc(NC[C@@H](C)C(C)c3cccc4c(C(=O)NC)ccnc34)ncn2)cnc1C. The standard InChI is InChI=1S/C28H32N6O2/c1-6-36-25-12-20(15-31-19(25)4)24-13-26(34-16-33-24)32-14-17(2)18(3)21-8-7-9-22-23(28(35)29-5)10-11-30-27(21)22/h7-13,15-18H,6,14H2,1-5H3,(H,29,35)(H,32,33,34)/t17-,18?/m1/s1. The number of hydrogen-bond acceptors (Lipinski definition) is 7. The molecule has 0 aliphatic rings. The van der Waals surface area contributed by atoms with Crippen molar-refractivity contribution in [3.05, 3.63) is 71.9 Å². The van der Waals surface area contributed by atoms with Gasteiger partial charge in [0, 0.05) is 43.0 Å². The number of aromatic nitrogens is 4. The molecule has 2 N–H and O–H groups in total. The van der Waals surface area contributed by atoms with Gasteiger partial charge >= 0.3 is 0 Å². The average molecular weight is 485 g/mol. The van der Waals surface area contributed by atoms with Crippen molar-refractivity contribution in [3.8, 4) is 17.0 Å². The molecule has 0 radical (unpaired) electrons. The fourth-order valence-electron chi connectivity index (χ4n) is 4.21. The lowest BCUT2D eigenvalue weighted by molar-refractivity contribution is 0.0964. The van der Waals surface area contributed by atoms with Gasteiger partial charge in [0.05, 0.1) is 29.1 Å². The molecule has 3 aromatic heterocycles. The van der Waals surface area contributed by atoms with Gasteiger partial charge in [-0.15, -0.1) is 0 Å². The first-order valence-electron chi connectivity index (χ1n) is 12.2. The molecular weight excluding hydrogens is 452 g/mol. The first kappa shape index (κ1) is 25.0. The lowest BCUT2D eigenvalue weighted by Gasteiger charge is -2.22. The molecule has 4 rings (SSSR count). The molecule has 4 aromatic rings. The van der Waals surface area contributed by atoms with Crippen LogP contribution < -0.4 is 15.4 Å². The number of rotatable bonds is 9. The van der Waals surface area contributed by atoms with E-state index in [1.165, 1.54) is 0 Å². The third kappa shape index (κ3) is 5.27. The molecule has 186 valence electrons. The Hall–Kier alpha value is -4.07. The summed E-state index contributed by atoms with van der Waals surface area (Å²) in [5, 5.41) is 7.03. The molecule has 1 amide bonds. The molecule has 2 atom stereocenters. The van der Waals surface area contributed by atoms with Crippen LogP contribution in [0.2, 0.25) is 0 Å². The van der Waals surface area contributed by atoms with Gasteiger partial charge in [-0.1, -0.05) is 32.0 Å². The molecule has 0 aliphatic carbocycles. The van der Waals surface area contributed by atoms with Gasteiger partial charge in [-0.05, 0) is 43.4 Å². The van der Waals surface area contributed by atoms with Crippen LogP contribution in [-0.4, -0.2) is 46.0 Å². The lowest BCUT2D eigenvalue weighted by atomic mass is 9.87. The Balaban J connectivity index is 1.51. The summed E-state index contributed by atoms with van der Waals surface area (Å²) in [6.07, 6.45) is 5.06. The number of para-hydroxylation sites is 1. The molecular formula is C28H32N6O2. The minimum absolute atomic E-state index is 0.112. The normalized spacial score (nSPS) is 12.7. The summed E-state index contributed by atoms with van der Waals surface area (Å²) in [5.74, 6) is 1.86. The fraction of sp³-hybridized carbons (Fsp3) is 0.321. The maximum atomic E-state index is 12.3. The van der Waals surface area contributed by atoms with Gasteiger partial charge < -0.3 is 15.4 Å². The highest BCUT2D eigenvalue weighted by Gasteiger charge is 2.19. The van der Waals surface area contributed by atoms with Crippen molar-refractivity contribution in [2.75, 3.05) is 25.5 Å². The molecule has 1 aromatic carbocycles. The highest BCUT2D eigenvalue weighted by atomic mass is 16.5. The van der Waals surface area contributed by atoms with E-state index < -0.39 is 0 Å². The predicted molar refractivity (Wildman–Crippen MR) is 142 cm³/mol. The summed E-state index contributed by atoms with van der Waals surface area (Å²) < 4.78 is 5.68. The number of ether oxygens (including phenoxy) is 1. The number of fused-ring (bicyclic) bond motifs is 1. The highest BCUT2D eigenvalue weighted by Crippen LogP contribution is 2.31. The number of carbonyl (C=O) groups excluding carboxylic acids is 1. The minimum atomic E-state index is -0.112. The lowest BCUT2D eigenvalue weighted by Crippen LogP contribution is -2.19. The third-order valence-electron chi connectivity index (χ3n) is 6.53. The zero-order valence-electron chi connectivity index (χ0n) is 21.4. The van der Waals surface area contributed by atoms with Crippen molar-refractivity contribution in [1.29, 1.82) is 0 Å². The first-order valence-corrected chi connectivity index (χ1v) is 12.2. The van der Waals surface area contributed by atoms with Gasteiger partial charge in [0.15, 0.2) is 0 Å². The van der Waals surface area contributed by atoms with Crippen LogP contribution in [0.3, 0.4) is 0 Å². The maximum Gasteiger partial charge on any atom is 0.251 e. The molecule has 0 saturated carbocycles. The largest absolute Gasteiger partial charge is 0.492 e. The van der Waals surface area contributed by atoms with Gasteiger partial charge in [-0.2, -0.15) is 0 Å². The number of pyridine rings is 2. The van der Waals surface area contributed by atoms with E-state index >= 15 is 0 Å². The highest BCUT2D eigenvalue weighted by molar-refractivity contribution is 6.06. The summed E-state index contributed by atoms with van der Waals surface area (Å²) in [6.45, 7) is 9.55. The molecule has 36 heavy (non-hydrogen) atoms.